The highest BCUT2D eigenvalue weighted by Gasteiger charge is 2.26. The molecule has 104 valence electrons. The van der Waals surface area contributed by atoms with Gasteiger partial charge in [0, 0.05) is 23.7 Å². The molecule has 0 saturated heterocycles. The van der Waals surface area contributed by atoms with Gasteiger partial charge in [0.05, 0.1) is 12.0 Å². The number of imidazole rings is 1. The zero-order valence-corrected chi connectivity index (χ0v) is 11.6. The van der Waals surface area contributed by atoms with Crippen LogP contribution in [0.15, 0.2) is 30.6 Å². The lowest BCUT2D eigenvalue weighted by Crippen LogP contribution is -2.28. The lowest BCUT2D eigenvalue weighted by Gasteiger charge is -2.21. The monoisotopic (exact) mass is 269 g/mol. The fraction of sp³-hybridized carbons (Fsp3) is 0.375. The topological polar surface area (TPSA) is 57.8 Å². The highest BCUT2D eigenvalue weighted by Crippen LogP contribution is 2.25. The largest absolute Gasteiger partial charge is 0.348 e. The fourth-order valence-corrected chi connectivity index (χ4v) is 2.81. The SMILES string of the molecule is CCc1ccccc1NC(=O)C1CCc2nc[nH]c2C1. The molecule has 1 aliphatic rings. The molecule has 1 aromatic heterocycles. The molecule has 2 aromatic rings. The second-order valence-corrected chi connectivity index (χ2v) is 5.27. The van der Waals surface area contributed by atoms with E-state index in [9.17, 15) is 4.79 Å². The third kappa shape index (κ3) is 2.46. The molecule has 1 unspecified atom stereocenters. The Hall–Kier alpha value is -2.10. The molecule has 4 heteroatoms. The molecule has 0 aliphatic heterocycles. The van der Waals surface area contributed by atoms with E-state index in [1.54, 1.807) is 6.33 Å². The van der Waals surface area contributed by atoms with E-state index in [0.29, 0.717) is 0 Å². The van der Waals surface area contributed by atoms with Gasteiger partial charge in [-0.25, -0.2) is 4.98 Å². The molecule has 1 aliphatic carbocycles. The van der Waals surface area contributed by atoms with Gasteiger partial charge in [-0.05, 0) is 30.9 Å². The molecule has 1 atom stereocenters. The van der Waals surface area contributed by atoms with Gasteiger partial charge in [0.1, 0.15) is 0 Å². The minimum absolute atomic E-state index is 0.0351. The van der Waals surface area contributed by atoms with Crippen molar-refractivity contribution in [3.8, 4) is 0 Å². The second-order valence-electron chi connectivity index (χ2n) is 5.27. The average molecular weight is 269 g/mol. The number of aromatic nitrogens is 2. The number of amides is 1. The summed E-state index contributed by atoms with van der Waals surface area (Å²) in [5.74, 6) is 0.152. The zero-order chi connectivity index (χ0) is 13.9. The Morgan fingerprint density at radius 2 is 2.30 bits per heavy atom. The van der Waals surface area contributed by atoms with Crippen molar-refractivity contribution >= 4 is 11.6 Å². The summed E-state index contributed by atoms with van der Waals surface area (Å²) in [4.78, 5) is 19.8. The average Bonchev–Trinajstić information content (AvgIpc) is 2.95. The third-order valence-corrected chi connectivity index (χ3v) is 4.01. The van der Waals surface area contributed by atoms with Crippen LogP contribution in [0.5, 0.6) is 0 Å². The number of benzene rings is 1. The van der Waals surface area contributed by atoms with E-state index in [-0.39, 0.29) is 11.8 Å². The van der Waals surface area contributed by atoms with Crippen molar-refractivity contribution in [2.24, 2.45) is 5.92 Å². The maximum absolute atomic E-state index is 12.4. The van der Waals surface area contributed by atoms with Gasteiger partial charge in [0.25, 0.3) is 0 Å². The van der Waals surface area contributed by atoms with E-state index in [0.717, 1.165) is 42.8 Å². The molecule has 1 aromatic carbocycles. The molecule has 0 spiro atoms. The van der Waals surface area contributed by atoms with Crippen molar-refractivity contribution in [2.75, 3.05) is 5.32 Å². The first-order valence-electron chi connectivity index (χ1n) is 7.17. The maximum Gasteiger partial charge on any atom is 0.227 e. The Morgan fingerprint density at radius 3 is 3.15 bits per heavy atom. The summed E-state index contributed by atoms with van der Waals surface area (Å²) in [6.07, 6.45) is 5.16. The van der Waals surface area contributed by atoms with Crippen molar-refractivity contribution in [1.29, 1.82) is 0 Å². The maximum atomic E-state index is 12.4. The van der Waals surface area contributed by atoms with Crippen molar-refractivity contribution in [2.45, 2.75) is 32.6 Å². The number of nitrogens with zero attached hydrogens (tertiary/aromatic N) is 1. The summed E-state index contributed by atoms with van der Waals surface area (Å²) >= 11 is 0. The number of fused-ring (bicyclic) bond motifs is 1. The van der Waals surface area contributed by atoms with Crippen LogP contribution >= 0.6 is 0 Å². The van der Waals surface area contributed by atoms with Crippen LogP contribution in [0.1, 0.15) is 30.3 Å². The van der Waals surface area contributed by atoms with E-state index in [2.05, 4.69) is 28.3 Å². The number of para-hydroxylation sites is 1. The number of aryl methyl sites for hydroxylation is 2. The number of anilines is 1. The number of H-pyrrole nitrogens is 1. The molecule has 3 rings (SSSR count). The molecule has 20 heavy (non-hydrogen) atoms. The van der Waals surface area contributed by atoms with Crippen LogP contribution in [0, 0.1) is 5.92 Å². The van der Waals surface area contributed by atoms with Crippen LogP contribution in [0.4, 0.5) is 5.69 Å². The lowest BCUT2D eigenvalue weighted by atomic mass is 9.89. The number of carbonyl (C=O) groups excluding carboxylic acids is 1. The highest BCUT2D eigenvalue weighted by atomic mass is 16.1. The van der Waals surface area contributed by atoms with Crippen LogP contribution in [0.3, 0.4) is 0 Å². The Kier molecular flexibility index (Phi) is 3.54. The molecular weight excluding hydrogens is 250 g/mol. The third-order valence-electron chi connectivity index (χ3n) is 4.01. The van der Waals surface area contributed by atoms with Crippen LogP contribution < -0.4 is 5.32 Å². The van der Waals surface area contributed by atoms with Gasteiger partial charge in [-0.15, -0.1) is 0 Å². The van der Waals surface area contributed by atoms with Gasteiger partial charge >= 0.3 is 0 Å². The van der Waals surface area contributed by atoms with Gasteiger partial charge in [-0.3, -0.25) is 4.79 Å². The summed E-state index contributed by atoms with van der Waals surface area (Å²) < 4.78 is 0. The number of rotatable bonds is 3. The number of carbonyl (C=O) groups is 1. The van der Waals surface area contributed by atoms with Gasteiger partial charge in [0.2, 0.25) is 5.91 Å². The van der Waals surface area contributed by atoms with Gasteiger partial charge in [-0.2, -0.15) is 0 Å². The first-order chi connectivity index (χ1) is 9.78. The number of aromatic amines is 1. The van der Waals surface area contributed by atoms with E-state index < -0.39 is 0 Å². The lowest BCUT2D eigenvalue weighted by molar-refractivity contribution is -0.120. The molecule has 0 saturated carbocycles. The number of nitrogens with one attached hydrogen (secondary N) is 2. The predicted molar refractivity (Wildman–Crippen MR) is 78.6 cm³/mol. The first-order valence-corrected chi connectivity index (χ1v) is 7.17. The summed E-state index contributed by atoms with van der Waals surface area (Å²) in [5, 5.41) is 3.08. The molecule has 4 nitrogen and oxygen atoms in total. The Morgan fingerprint density at radius 1 is 1.45 bits per heavy atom. The van der Waals surface area contributed by atoms with E-state index in [1.807, 2.05) is 18.2 Å². The van der Waals surface area contributed by atoms with E-state index >= 15 is 0 Å². The standard InChI is InChI=1S/C16H19N3O/c1-2-11-5-3-4-6-13(11)19-16(20)12-7-8-14-15(9-12)18-10-17-14/h3-6,10,12H,2,7-9H2,1H3,(H,17,18)(H,19,20). The van der Waals surface area contributed by atoms with Crippen molar-refractivity contribution in [1.82, 2.24) is 9.97 Å². The number of hydrogen-bond acceptors (Lipinski definition) is 2. The van der Waals surface area contributed by atoms with Gasteiger partial charge < -0.3 is 10.3 Å². The Labute approximate surface area is 118 Å². The van der Waals surface area contributed by atoms with Crippen LogP contribution in [-0.2, 0) is 24.1 Å². The molecule has 1 heterocycles. The van der Waals surface area contributed by atoms with Crippen LogP contribution in [0.2, 0.25) is 0 Å². The molecule has 0 radical (unpaired) electrons. The summed E-state index contributed by atoms with van der Waals surface area (Å²) in [7, 11) is 0. The van der Waals surface area contributed by atoms with E-state index in [1.165, 1.54) is 5.56 Å². The molecule has 1 amide bonds. The molecule has 2 N–H and O–H groups in total. The molecule has 0 bridgehead atoms. The highest BCUT2D eigenvalue weighted by molar-refractivity contribution is 5.93. The predicted octanol–water partition coefficient (Wildman–Crippen LogP) is 2.72. The van der Waals surface area contributed by atoms with Gasteiger partial charge in [0.15, 0.2) is 0 Å². The van der Waals surface area contributed by atoms with Crippen molar-refractivity contribution < 1.29 is 4.79 Å². The summed E-state index contributed by atoms with van der Waals surface area (Å²) in [6.45, 7) is 2.10. The Balaban J connectivity index is 1.71. The quantitative estimate of drug-likeness (QED) is 0.900. The van der Waals surface area contributed by atoms with Crippen molar-refractivity contribution in [3.05, 3.63) is 47.5 Å². The summed E-state index contributed by atoms with van der Waals surface area (Å²) in [5.41, 5.74) is 4.34. The normalized spacial score (nSPS) is 17.6. The number of hydrogen-bond donors (Lipinski definition) is 2. The van der Waals surface area contributed by atoms with Gasteiger partial charge in [-0.1, -0.05) is 25.1 Å². The smallest absolute Gasteiger partial charge is 0.227 e. The summed E-state index contributed by atoms with van der Waals surface area (Å²) in [6, 6.07) is 8.00. The van der Waals surface area contributed by atoms with Crippen molar-refractivity contribution in [3.63, 3.8) is 0 Å². The van der Waals surface area contributed by atoms with E-state index in [4.69, 9.17) is 0 Å². The first kappa shape index (κ1) is 12.9. The van der Waals surface area contributed by atoms with Crippen LogP contribution in [-0.4, -0.2) is 15.9 Å². The minimum Gasteiger partial charge on any atom is -0.348 e. The molecular formula is C16H19N3O. The van der Waals surface area contributed by atoms with Crippen LogP contribution in [0.25, 0.3) is 0 Å². The second kappa shape index (κ2) is 5.49. The molecule has 0 fully saturated rings. The zero-order valence-electron chi connectivity index (χ0n) is 11.6. The fourth-order valence-electron chi connectivity index (χ4n) is 2.81. The Bertz CT molecular complexity index is 618. The minimum atomic E-state index is 0.0351.